The number of phenols is 1. The fraction of sp³-hybridized carbons (Fsp3) is 0.167. The Morgan fingerprint density at radius 1 is 1.15 bits per heavy atom. The van der Waals surface area contributed by atoms with Gasteiger partial charge in [-0.3, -0.25) is 9.59 Å². The van der Waals surface area contributed by atoms with Crippen LogP contribution in [0.4, 0.5) is 5.69 Å². The smallest absolute Gasteiger partial charge is 0.275 e. The molecule has 0 saturated carbocycles. The lowest BCUT2D eigenvalue weighted by atomic mass is 10.2. The molecule has 0 unspecified atom stereocenters. The highest BCUT2D eigenvalue weighted by Gasteiger charge is 2.12. The van der Waals surface area contributed by atoms with Gasteiger partial charge in [0.25, 0.3) is 5.91 Å². The standard InChI is InChI=1S/C18H17Cl2N3O3/c1-10-3-5-13(9-15(10)20)21-17(25)7-11(2)22-23-18(26)14-8-12(19)4-6-16(14)24/h3-6,8-9,24H,7H2,1-2H3,(H,21,25)(H,23,26)/b22-11+. The summed E-state index contributed by atoms with van der Waals surface area (Å²) in [5.41, 5.74) is 4.15. The highest BCUT2D eigenvalue weighted by Crippen LogP contribution is 2.21. The highest BCUT2D eigenvalue weighted by atomic mass is 35.5. The van der Waals surface area contributed by atoms with Crippen LogP contribution >= 0.6 is 23.2 Å². The number of nitrogens with zero attached hydrogens (tertiary/aromatic N) is 1. The van der Waals surface area contributed by atoms with Crippen molar-refractivity contribution in [3.05, 3.63) is 57.6 Å². The second kappa shape index (κ2) is 8.69. The van der Waals surface area contributed by atoms with Gasteiger partial charge in [-0.05, 0) is 49.7 Å². The van der Waals surface area contributed by atoms with Crippen LogP contribution < -0.4 is 10.7 Å². The molecular weight excluding hydrogens is 377 g/mol. The summed E-state index contributed by atoms with van der Waals surface area (Å²) in [4.78, 5) is 24.0. The molecule has 0 aliphatic heterocycles. The average molecular weight is 394 g/mol. The number of hydrogen-bond donors (Lipinski definition) is 3. The molecule has 136 valence electrons. The third kappa shape index (κ3) is 5.47. The number of carbonyl (C=O) groups excluding carboxylic acids is 2. The van der Waals surface area contributed by atoms with Crippen molar-refractivity contribution < 1.29 is 14.7 Å². The zero-order valence-corrected chi connectivity index (χ0v) is 15.6. The van der Waals surface area contributed by atoms with E-state index >= 15 is 0 Å². The summed E-state index contributed by atoms with van der Waals surface area (Å²) >= 11 is 11.8. The lowest BCUT2D eigenvalue weighted by Gasteiger charge is -2.07. The molecule has 2 aromatic rings. The van der Waals surface area contributed by atoms with Crippen LogP contribution in [0.3, 0.4) is 0 Å². The van der Waals surface area contributed by atoms with Gasteiger partial charge in [-0.15, -0.1) is 0 Å². The molecule has 0 heterocycles. The number of aromatic hydroxyl groups is 1. The van der Waals surface area contributed by atoms with Crippen LogP contribution in [-0.2, 0) is 4.79 Å². The largest absolute Gasteiger partial charge is 0.507 e. The molecule has 0 atom stereocenters. The molecule has 2 amide bonds. The Labute approximate surface area is 160 Å². The first kappa shape index (κ1) is 19.8. The molecule has 0 fully saturated rings. The Kier molecular flexibility index (Phi) is 6.60. The van der Waals surface area contributed by atoms with Gasteiger partial charge in [-0.25, -0.2) is 5.43 Å². The van der Waals surface area contributed by atoms with Gasteiger partial charge >= 0.3 is 0 Å². The van der Waals surface area contributed by atoms with Crippen LogP contribution in [-0.4, -0.2) is 22.6 Å². The molecule has 0 aliphatic rings. The summed E-state index contributed by atoms with van der Waals surface area (Å²) in [5.74, 6) is -1.14. The normalized spacial score (nSPS) is 11.2. The number of rotatable bonds is 5. The Bertz CT molecular complexity index is 882. The van der Waals surface area contributed by atoms with E-state index in [4.69, 9.17) is 23.2 Å². The number of hydrazone groups is 1. The number of anilines is 1. The molecular formula is C18H17Cl2N3O3. The third-order valence-electron chi connectivity index (χ3n) is 3.42. The first-order chi connectivity index (χ1) is 12.3. The predicted molar refractivity (Wildman–Crippen MR) is 103 cm³/mol. The van der Waals surface area contributed by atoms with E-state index in [1.54, 1.807) is 25.1 Å². The SMILES string of the molecule is C/C(CC(=O)Nc1ccc(C)c(Cl)c1)=N\NC(=O)c1cc(Cl)ccc1O. The maximum atomic E-state index is 12.0. The van der Waals surface area contributed by atoms with E-state index in [1.807, 2.05) is 6.92 Å². The fourth-order valence-electron chi connectivity index (χ4n) is 2.04. The second-order valence-corrected chi connectivity index (χ2v) is 6.48. The Balaban J connectivity index is 1.94. The number of nitrogens with one attached hydrogen (secondary N) is 2. The quantitative estimate of drug-likeness (QED) is 0.526. The van der Waals surface area contributed by atoms with Crippen molar-refractivity contribution in [2.24, 2.45) is 5.10 Å². The Morgan fingerprint density at radius 3 is 2.58 bits per heavy atom. The minimum atomic E-state index is -0.630. The van der Waals surface area contributed by atoms with Gasteiger partial charge in [0.05, 0.1) is 12.0 Å². The molecule has 0 bridgehead atoms. The van der Waals surface area contributed by atoms with Crippen molar-refractivity contribution >= 4 is 46.4 Å². The van der Waals surface area contributed by atoms with Crippen LogP contribution in [0.15, 0.2) is 41.5 Å². The second-order valence-electron chi connectivity index (χ2n) is 5.64. The fourth-order valence-corrected chi connectivity index (χ4v) is 2.40. The van der Waals surface area contributed by atoms with Crippen molar-refractivity contribution in [1.29, 1.82) is 0 Å². The number of aryl methyl sites for hydroxylation is 1. The molecule has 0 spiro atoms. The van der Waals surface area contributed by atoms with Gasteiger partial charge < -0.3 is 10.4 Å². The lowest BCUT2D eigenvalue weighted by Crippen LogP contribution is -2.21. The number of amides is 2. The monoisotopic (exact) mass is 393 g/mol. The van der Waals surface area contributed by atoms with E-state index in [0.29, 0.717) is 21.4 Å². The molecule has 2 rings (SSSR count). The molecule has 6 nitrogen and oxygen atoms in total. The molecule has 2 aromatic carbocycles. The van der Waals surface area contributed by atoms with Crippen LogP contribution in [0, 0.1) is 6.92 Å². The van der Waals surface area contributed by atoms with Gasteiger partial charge in [0, 0.05) is 21.4 Å². The van der Waals surface area contributed by atoms with Gasteiger partial charge in [-0.2, -0.15) is 5.10 Å². The molecule has 0 aliphatic carbocycles. The van der Waals surface area contributed by atoms with E-state index in [1.165, 1.54) is 18.2 Å². The Morgan fingerprint density at radius 2 is 1.88 bits per heavy atom. The van der Waals surface area contributed by atoms with E-state index in [-0.39, 0.29) is 23.6 Å². The van der Waals surface area contributed by atoms with Gasteiger partial charge in [0.15, 0.2) is 0 Å². The molecule has 8 heteroatoms. The van der Waals surface area contributed by atoms with Gasteiger partial charge in [0.2, 0.25) is 5.91 Å². The summed E-state index contributed by atoms with van der Waals surface area (Å²) in [6.45, 7) is 3.46. The molecule has 0 radical (unpaired) electrons. The molecule has 3 N–H and O–H groups in total. The van der Waals surface area contributed by atoms with Crippen LogP contribution in [0.5, 0.6) is 5.75 Å². The zero-order valence-electron chi connectivity index (χ0n) is 14.1. The van der Waals surface area contributed by atoms with E-state index < -0.39 is 5.91 Å². The summed E-state index contributed by atoms with van der Waals surface area (Å²) < 4.78 is 0. The zero-order chi connectivity index (χ0) is 19.3. The summed E-state index contributed by atoms with van der Waals surface area (Å²) in [7, 11) is 0. The van der Waals surface area contributed by atoms with Gasteiger partial charge in [-0.1, -0.05) is 29.3 Å². The number of halogens is 2. The first-order valence-electron chi connectivity index (χ1n) is 7.64. The van der Waals surface area contributed by atoms with Crippen molar-refractivity contribution in [3.8, 4) is 5.75 Å². The van der Waals surface area contributed by atoms with Gasteiger partial charge in [0.1, 0.15) is 5.75 Å². The number of phenolic OH excluding ortho intramolecular Hbond substituents is 1. The summed E-state index contributed by atoms with van der Waals surface area (Å²) in [6.07, 6.45) is -0.0205. The number of benzene rings is 2. The number of carbonyl (C=O) groups is 2. The minimum absolute atomic E-state index is 0.00667. The maximum Gasteiger partial charge on any atom is 0.275 e. The summed E-state index contributed by atoms with van der Waals surface area (Å²) in [6, 6.07) is 9.31. The maximum absolute atomic E-state index is 12.0. The van der Waals surface area contributed by atoms with Crippen LogP contribution in [0.2, 0.25) is 10.0 Å². The van der Waals surface area contributed by atoms with Crippen molar-refractivity contribution in [2.45, 2.75) is 20.3 Å². The number of hydrogen-bond acceptors (Lipinski definition) is 4. The Hall–Kier alpha value is -2.57. The average Bonchev–Trinajstić information content (AvgIpc) is 2.58. The highest BCUT2D eigenvalue weighted by molar-refractivity contribution is 6.31. The topological polar surface area (TPSA) is 90.8 Å². The van der Waals surface area contributed by atoms with Crippen LogP contribution in [0.1, 0.15) is 29.3 Å². The van der Waals surface area contributed by atoms with E-state index in [9.17, 15) is 14.7 Å². The van der Waals surface area contributed by atoms with Crippen molar-refractivity contribution in [2.75, 3.05) is 5.32 Å². The molecule has 26 heavy (non-hydrogen) atoms. The van der Waals surface area contributed by atoms with Crippen molar-refractivity contribution in [3.63, 3.8) is 0 Å². The van der Waals surface area contributed by atoms with E-state index in [0.717, 1.165) is 5.56 Å². The molecule has 0 aromatic heterocycles. The predicted octanol–water partition coefficient (Wildman–Crippen LogP) is 4.14. The molecule has 0 saturated heterocycles. The van der Waals surface area contributed by atoms with Crippen LogP contribution in [0.25, 0.3) is 0 Å². The van der Waals surface area contributed by atoms with E-state index in [2.05, 4.69) is 15.8 Å². The summed E-state index contributed by atoms with van der Waals surface area (Å²) in [5, 5.41) is 17.1. The van der Waals surface area contributed by atoms with Crippen molar-refractivity contribution in [1.82, 2.24) is 5.43 Å². The first-order valence-corrected chi connectivity index (χ1v) is 8.40. The third-order valence-corrected chi connectivity index (χ3v) is 4.07. The minimum Gasteiger partial charge on any atom is -0.507 e. The lowest BCUT2D eigenvalue weighted by molar-refractivity contribution is -0.115.